The Kier molecular flexibility index (Phi) is 3.89. The first-order valence-corrected chi connectivity index (χ1v) is 4.34. The second-order valence-electron chi connectivity index (χ2n) is 3.01. The minimum atomic E-state index is -0.585. The molecule has 0 amide bonds. The van der Waals surface area contributed by atoms with Crippen molar-refractivity contribution < 1.29 is 10.2 Å². The largest absolute Gasteiger partial charge is 0.387 e. The second kappa shape index (κ2) is 4.97. The summed E-state index contributed by atoms with van der Waals surface area (Å²) in [6, 6.07) is 9.36. The maximum absolute atomic E-state index is 9.60. The van der Waals surface area contributed by atoms with Gasteiger partial charge in [0.1, 0.15) is 6.23 Å². The molecule has 0 saturated heterocycles. The zero-order chi connectivity index (χ0) is 9.68. The summed E-state index contributed by atoms with van der Waals surface area (Å²) in [4.78, 5) is 0. The third-order valence-corrected chi connectivity index (χ3v) is 1.79. The van der Waals surface area contributed by atoms with Crippen LogP contribution in [0.3, 0.4) is 0 Å². The Bertz CT molecular complexity index is 236. The number of aliphatic hydroxyl groups is 2. The third kappa shape index (κ3) is 3.55. The summed E-state index contributed by atoms with van der Waals surface area (Å²) < 4.78 is 0. The quantitative estimate of drug-likeness (QED) is 0.598. The molecule has 1 aromatic rings. The Balaban J connectivity index is 2.44. The van der Waals surface area contributed by atoms with E-state index < -0.39 is 12.3 Å². The van der Waals surface area contributed by atoms with Gasteiger partial charge in [-0.15, -0.1) is 0 Å². The van der Waals surface area contributed by atoms with Crippen molar-refractivity contribution in [2.75, 3.05) is 6.54 Å². The van der Waals surface area contributed by atoms with Crippen LogP contribution in [-0.4, -0.2) is 23.0 Å². The summed E-state index contributed by atoms with van der Waals surface area (Å²) in [7, 11) is 0. The fourth-order valence-corrected chi connectivity index (χ4v) is 1.08. The Morgan fingerprint density at radius 2 is 1.85 bits per heavy atom. The van der Waals surface area contributed by atoms with Gasteiger partial charge in [0.2, 0.25) is 0 Å². The first kappa shape index (κ1) is 10.2. The highest BCUT2D eigenvalue weighted by atomic mass is 16.3. The van der Waals surface area contributed by atoms with Gasteiger partial charge in [-0.3, -0.25) is 5.32 Å². The van der Waals surface area contributed by atoms with Crippen molar-refractivity contribution in [2.45, 2.75) is 19.3 Å². The van der Waals surface area contributed by atoms with Gasteiger partial charge in [0.15, 0.2) is 0 Å². The van der Waals surface area contributed by atoms with Crippen molar-refractivity contribution in [1.29, 1.82) is 0 Å². The fraction of sp³-hybridized carbons (Fsp3) is 0.400. The SMILES string of the molecule is CC(O)NCC(O)c1ccccc1. The minimum Gasteiger partial charge on any atom is -0.387 e. The molecular weight excluding hydrogens is 166 g/mol. The normalized spacial score (nSPS) is 15.3. The van der Waals surface area contributed by atoms with Crippen LogP contribution in [0.1, 0.15) is 18.6 Å². The molecule has 72 valence electrons. The molecule has 13 heavy (non-hydrogen) atoms. The van der Waals surface area contributed by atoms with E-state index in [1.807, 2.05) is 30.3 Å². The van der Waals surface area contributed by atoms with E-state index in [1.165, 1.54) is 0 Å². The lowest BCUT2D eigenvalue weighted by molar-refractivity contribution is 0.114. The number of aliphatic hydroxyl groups excluding tert-OH is 2. The maximum Gasteiger partial charge on any atom is 0.102 e. The number of hydrogen-bond acceptors (Lipinski definition) is 3. The van der Waals surface area contributed by atoms with Gasteiger partial charge in [-0.2, -0.15) is 0 Å². The van der Waals surface area contributed by atoms with Crippen LogP contribution in [0.2, 0.25) is 0 Å². The molecule has 0 bridgehead atoms. The minimum absolute atomic E-state index is 0.363. The maximum atomic E-state index is 9.60. The van der Waals surface area contributed by atoms with Crippen LogP contribution >= 0.6 is 0 Å². The van der Waals surface area contributed by atoms with E-state index in [-0.39, 0.29) is 0 Å². The predicted molar refractivity (Wildman–Crippen MR) is 51.1 cm³/mol. The molecular formula is C10H15NO2. The summed E-state index contributed by atoms with van der Waals surface area (Å²) in [5.41, 5.74) is 0.857. The average Bonchev–Trinajstić information content (AvgIpc) is 2.15. The summed E-state index contributed by atoms with van der Waals surface area (Å²) in [5.74, 6) is 0. The number of nitrogens with one attached hydrogen (secondary N) is 1. The average molecular weight is 181 g/mol. The smallest absolute Gasteiger partial charge is 0.102 e. The molecule has 2 atom stereocenters. The van der Waals surface area contributed by atoms with Crippen molar-refractivity contribution in [3.05, 3.63) is 35.9 Å². The van der Waals surface area contributed by atoms with Gasteiger partial charge in [0, 0.05) is 6.54 Å². The van der Waals surface area contributed by atoms with E-state index in [9.17, 15) is 5.11 Å². The highest BCUT2D eigenvalue weighted by Crippen LogP contribution is 2.10. The van der Waals surface area contributed by atoms with Crippen LogP contribution in [0.15, 0.2) is 30.3 Å². The zero-order valence-corrected chi connectivity index (χ0v) is 7.64. The van der Waals surface area contributed by atoms with E-state index in [0.717, 1.165) is 5.56 Å². The first-order chi connectivity index (χ1) is 6.20. The second-order valence-corrected chi connectivity index (χ2v) is 3.01. The summed E-state index contributed by atoms with van der Waals surface area (Å²) in [5, 5.41) is 21.3. The summed E-state index contributed by atoms with van der Waals surface area (Å²) >= 11 is 0. The van der Waals surface area contributed by atoms with Crippen LogP contribution in [-0.2, 0) is 0 Å². The lowest BCUT2D eigenvalue weighted by Gasteiger charge is -2.13. The van der Waals surface area contributed by atoms with Gasteiger partial charge in [-0.05, 0) is 12.5 Å². The number of hydrogen-bond donors (Lipinski definition) is 3. The molecule has 3 nitrogen and oxygen atoms in total. The van der Waals surface area contributed by atoms with E-state index in [2.05, 4.69) is 5.32 Å². The Hall–Kier alpha value is -0.900. The van der Waals surface area contributed by atoms with Crippen LogP contribution in [0, 0.1) is 0 Å². The molecule has 0 fully saturated rings. The molecule has 3 heteroatoms. The molecule has 3 N–H and O–H groups in total. The Labute approximate surface area is 78.0 Å². The highest BCUT2D eigenvalue weighted by Gasteiger charge is 2.06. The van der Waals surface area contributed by atoms with Crippen LogP contribution in [0.25, 0.3) is 0 Å². The van der Waals surface area contributed by atoms with E-state index in [0.29, 0.717) is 6.54 Å². The van der Waals surface area contributed by atoms with Crippen molar-refractivity contribution >= 4 is 0 Å². The first-order valence-electron chi connectivity index (χ1n) is 4.34. The number of benzene rings is 1. The van der Waals surface area contributed by atoms with Crippen molar-refractivity contribution in [1.82, 2.24) is 5.32 Å². The molecule has 0 aliphatic heterocycles. The Morgan fingerprint density at radius 3 is 2.38 bits per heavy atom. The van der Waals surface area contributed by atoms with Gasteiger partial charge >= 0.3 is 0 Å². The molecule has 0 spiro atoms. The van der Waals surface area contributed by atoms with Gasteiger partial charge < -0.3 is 10.2 Å². The van der Waals surface area contributed by atoms with Gasteiger partial charge in [-0.1, -0.05) is 30.3 Å². The molecule has 0 aliphatic rings. The molecule has 0 radical (unpaired) electrons. The van der Waals surface area contributed by atoms with Gasteiger partial charge in [-0.25, -0.2) is 0 Å². The molecule has 0 saturated carbocycles. The molecule has 1 rings (SSSR count). The van der Waals surface area contributed by atoms with Crippen molar-refractivity contribution in [3.8, 4) is 0 Å². The van der Waals surface area contributed by atoms with E-state index in [1.54, 1.807) is 6.92 Å². The molecule has 0 aliphatic carbocycles. The lowest BCUT2D eigenvalue weighted by atomic mass is 10.1. The molecule has 2 unspecified atom stereocenters. The fourth-order valence-electron chi connectivity index (χ4n) is 1.08. The monoisotopic (exact) mass is 181 g/mol. The standard InChI is InChI=1S/C10H15NO2/c1-8(12)11-7-10(13)9-5-3-2-4-6-9/h2-6,8,10-13H,7H2,1H3. The Morgan fingerprint density at radius 1 is 1.23 bits per heavy atom. The summed E-state index contributed by atoms with van der Waals surface area (Å²) in [6.07, 6.45) is -1.14. The van der Waals surface area contributed by atoms with Gasteiger partial charge in [0.05, 0.1) is 6.10 Å². The van der Waals surface area contributed by atoms with Crippen LogP contribution < -0.4 is 5.32 Å². The lowest BCUT2D eigenvalue weighted by Crippen LogP contribution is -2.29. The summed E-state index contributed by atoms with van der Waals surface area (Å²) in [6.45, 7) is 1.99. The molecule has 1 aromatic carbocycles. The highest BCUT2D eigenvalue weighted by molar-refractivity contribution is 5.17. The molecule has 0 aromatic heterocycles. The van der Waals surface area contributed by atoms with Gasteiger partial charge in [0.25, 0.3) is 0 Å². The topological polar surface area (TPSA) is 52.5 Å². The zero-order valence-electron chi connectivity index (χ0n) is 7.64. The van der Waals surface area contributed by atoms with Crippen molar-refractivity contribution in [3.63, 3.8) is 0 Å². The number of rotatable bonds is 4. The van der Waals surface area contributed by atoms with Crippen molar-refractivity contribution in [2.24, 2.45) is 0 Å². The predicted octanol–water partition coefficient (Wildman–Crippen LogP) is 0.648. The molecule has 0 heterocycles. The van der Waals surface area contributed by atoms with E-state index >= 15 is 0 Å². The third-order valence-electron chi connectivity index (χ3n) is 1.79. The van der Waals surface area contributed by atoms with Crippen LogP contribution in [0.5, 0.6) is 0 Å². The van der Waals surface area contributed by atoms with E-state index in [4.69, 9.17) is 5.11 Å². The van der Waals surface area contributed by atoms with Crippen LogP contribution in [0.4, 0.5) is 0 Å².